The van der Waals surface area contributed by atoms with Crippen LogP contribution in [0.15, 0.2) is 28.8 Å². The van der Waals surface area contributed by atoms with Gasteiger partial charge in [0.25, 0.3) is 0 Å². The lowest BCUT2D eigenvalue weighted by molar-refractivity contribution is 0.438. The van der Waals surface area contributed by atoms with E-state index >= 15 is 0 Å². The van der Waals surface area contributed by atoms with Gasteiger partial charge in [0.15, 0.2) is 0 Å². The fourth-order valence-corrected chi connectivity index (χ4v) is 2.12. The van der Waals surface area contributed by atoms with Crippen molar-refractivity contribution in [2.75, 3.05) is 5.73 Å². The molecule has 0 amide bonds. The molecule has 2 N–H and O–H groups in total. The molecule has 5 heteroatoms. The van der Waals surface area contributed by atoms with Gasteiger partial charge in [0.1, 0.15) is 11.5 Å². The zero-order chi connectivity index (χ0) is 12.9. The number of fused-ring (bicyclic) bond motifs is 1. The molecule has 0 unspecified atom stereocenters. The highest BCUT2D eigenvalue weighted by molar-refractivity contribution is 5.87. The number of aromatic nitrogens is 2. The molecule has 92 valence electrons. The van der Waals surface area contributed by atoms with E-state index in [0.29, 0.717) is 16.6 Å². The van der Waals surface area contributed by atoms with Crippen molar-refractivity contribution in [3.8, 4) is 11.3 Å². The minimum Gasteiger partial charge on any atom is -0.368 e. The molecule has 0 radical (unpaired) electrons. The Labute approximate surface area is 103 Å². The summed E-state index contributed by atoms with van der Waals surface area (Å²) in [4.78, 5) is 0. The predicted molar refractivity (Wildman–Crippen MR) is 67.5 cm³/mol. The van der Waals surface area contributed by atoms with E-state index in [9.17, 15) is 4.39 Å². The number of rotatable bonds is 1. The summed E-state index contributed by atoms with van der Waals surface area (Å²) in [5.74, 6) is -0.127. The molecular weight excluding hydrogens is 233 g/mol. The largest absolute Gasteiger partial charge is 0.368 e. The van der Waals surface area contributed by atoms with E-state index in [2.05, 4.69) is 5.16 Å². The number of nitrogens with zero attached hydrogens (tertiary/aromatic N) is 2. The zero-order valence-corrected chi connectivity index (χ0v) is 10.1. The van der Waals surface area contributed by atoms with Gasteiger partial charge in [-0.2, -0.15) is 0 Å². The quantitative estimate of drug-likeness (QED) is 0.717. The highest BCUT2D eigenvalue weighted by atomic mass is 19.1. The van der Waals surface area contributed by atoms with Gasteiger partial charge in [0.2, 0.25) is 5.88 Å². The van der Waals surface area contributed by atoms with Gasteiger partial charge in [-0.05, 0) is 25.1 Å². The van der Waals surface area contributed by atoms with Gasteiger partial charge in [0, 0.05) is 29.8 Å². The molecule has 0 aliphatic carbocycles. The van der Waals surface area contributed by atoms with Crippen molar-refractivity contribution in [2.24, 2.45) is 7.05 Å². The second-order valence-electron chi connectivity index (χ2n) is 4.32. The van der Waals surface area contributed by atoms with Gasteiger partial charge < -0.3 is 14.8 Å². The Morgan fingerprint density at radius 2 is 2.11 bits per heavy atom. The first-order valence-corrected chi connectivity index (χ1v) is 5.55. The van der Waals surface area contributed by atoms with Gasteiger partial charge in [0.05, 0.1) is 5.52 Å². The average Bonchev–Trinajstić information content (AvgIpc) is 2.87. The molecule has 0 aliphatic heterocycles. The Morgan fingerprint density at radius 3 is 2.78 bits per heavy atom. The van der Waals surface area contributed by atoms with Crippen LogP contribution in [0.1, 0.15) is 5.69 Å². The van der Waals surface area contributed by atoms with Crippen LogP contribution in [-0.4, -0.2) is 9.72 Å². The van der Waals surface area contributed by atoms with E-state index in [-0.39, 0.29) is 11.7 Å². The lowest BCUT2D eigenvalue weighted by Crippen LogP contribution is -1.90. The third-order valence-electron chi connectivity index (χ3n) is 3.20. The molecule has 0 spiro atoms. The van der Waals surface area contributed by atoms with Crippen molar-refractivity contribution in [1.82, 2.24) is 9.72 Å². The molecular formula is C13H12FN3O. The molecule has 2 heterocycles. The number of nitrogen functional groups attached to an aromatic ring is 1. The van der Waals surface area contributed by atoms with Crippen LogP contribution in [0.25, 0.3) is 22.2 Å². The Kier molecular flexibility index (Phi) is 2.16. The summed E-state index contributed by atoms with van der Waals surface area (Å²) < 4.78 is 21.1. The van der Waals surface area contributed by atoms with E-state index in [4.69, 9.17) is 10.3 Å². The third-order valence-corrected chi connectivity index (χ3v) is 3.20. The predicted octanol–water partition coefficient (Wildman–Crippen LogP) is 2.86. The fourth-order valence-electron chi connectivity index (χ4n) is 2.12. The fraction of sp³-hybridized carbons (Fsp3) is 0.154. The molecule has 0 aliphatic rings. The first-order valence-electron chi connectivity index (χ1n) is 5.55. The van der Waals surface area contributed by atoms with Crippen LogP contribution in [0.3, 0.4) is 0 Å². The van der Waals surface area contributed by atoms with E-state index in [1.165, 1.54) is 6.07 Å². The first kappa shape index (κ1) is 10.8. The average molecular weight is 245 g/mol. The first-order chi connectivity index (χ1) is 8.58. The van der Waals surface area contributed by atoms with Crippen molar-refractivity contribution < 1.29 is 8.91 Å². The van der Waals surface area contributed by atoms with E-state index < -0.39 is 0 Å². The van der Waals surface area contributed by atoms with Crippen LogP contribution in [0, 0.1) is 12.7 Å². The standard InChI is InChI=1S/C13H12FN3O/c1-7-5-9-11(17(7)2)4-3-8(13(9)14)10-6-12(15)18-16-10/h3-6H,15H2,1-2H3. The number of aryl methyl sites for hydroxylation is 2. The molecule has 1 aromatic carbocycles. The van der Waals surface area contributed by atoms with Crippen LogP contribution < -0.4 is 5.73 Å². The normalized spacial score (nSPS) is 11.3. The molecule has 0 fully saturated rings. The highest BCUT2D eigenvalue weighted by Crippen LogP contribution is 2.30. The third kappa shape index (κ3) is 1.40. The van der Waals surface area contributed by atoms with Crippen LogP contribution in [0.5, 0.6) is 0 Å². The maximum absolute atomic E-state index is 14.4. The lowest BCUT2D eigenvalue weighted by Gasteiger charge is -2.02. The molecule has 0 bridgehead atoms. The summed E-state index contributed by atoms with van der Waals surface area (Å²) in [5, 5.41) is 4.31. The van der Waals surface area contributed by atoms with E-state index in [1.54, 1.807) is 6.07 Å². The van der Waals surface area contributed by atoms with E-state index in [1.807, 2.05) is 30.7 Å². The minimum atomic E-state index is -0.301. The van der Waals surface area contributed by atoms with Crippen molar-refractivity contribution >= 4 is 16.8 Å². The summed E-state index contributed by atoms with van der Waals surface area (Å²) >= 11 is 0. The maximum atomic E-state index is 14.4. The Morgan fingerprint density at radius 1 is 1.33 bits per heavy atom. The van der Waals surface area contributed by atoms with Gasteiger partial charge >= 0.3 is 0 Å². The molecule has 0 saturated heterocycles. The molecule has 4 nitrogen and oxygen atoms in total. The molecule has 0 saturated carbocycles. The summed E-state index contributed by atoms with van der Waals surface area (Å²) in [6, 6.07) is 6.89. The van der Waals surface area contributed by atoms with E-state index in [0.717, 1.165) is 11.2 Å². The minimum absolute atomic E-state index is 0.175. The highest BCUT2D eigenvalue weighted by Gasteiger charge is 2.15. The van der Waals surface area contributed by atoms with Crippen molar-refractivity contribution in [3.05, 3.63) is 35.8 Å². The summed E-state index contributed by atoms with van der Waals surface area (Å²) in [7, 11) is 1.91. The van der Waals surface area contributed by atoms with Crippen molar-refractivity contribution in [2.45, 2.75) is 6.92 Å². The monoisotopic (exact) mass is 245 g/mol. The molecule has 3 rings (SSSR count). The van der Waals surface area contributed by atoms with Gasteiger partial charge in [-0.3, -0.25) is 0 Å². The lowest BCUT2D eigenvalue weighted by atomic mass is 10.1. The number of halogens is 1. The molecule has 2 aromatic heterocycles. The van der Waals surface area contributed by atoms with Crippen molar-refractivity contribution in [3.63, 3.8) is 0 Å². The number of hydrogen-bond donors (Lipinski definition) is 1. The Hall–Kier alpha value is -2.30. The van der Waals surface area contributed by atoms with Crippen molar-refractivity contribution in [1.29, 1.82) is 0 Å². The topological polar surface area (TPSA) is 57.0 Å². The Balaban J connectivity index is 2.29. The number of hydrogen-bond acceptors (Lipinski definition) is 3. The van der Waals surface area contributed by atoms with Gasteiger partial charge in [-0.1, -0.05) is 5.16 Å². The van der Waals surface area contributed by atoms with Crippen LogP contribution in [0.4, 0.5) is 10.3 Å². The molecule has 3 aromatic rings. The smallest absolute Gasteiger partial charge is 0.222 e. The summed E-state index contributed by atoms with van der Waals surface area (Å²) in [5.41, 5.74) is 8.11. The summed E-state index contributed by atoms with van der Waals surface area (Å²) in [6.07, 6.45) is 0. The molecule has 0 atom stereocenters. The second kappa shape index (κ2) is 3.60. The van der Waals surface area contributed by atoms with Gasteiger partial charge in [-0.25, -0.2) is 4.39 Å². The summed E-state index contributed by atoms with van der Waals surface area (Å²) in [6.45, 7) is 1.94. The zero-order valence-electron chi connectivity index (χ0n) is 10.1. The SMILES string of the molecule is Cc1cc2c(F)c(-c3cc(N)on3)ccc2n1C. The Bertz CT molecular complexity index is 742. The second-order valence-corrected chi connectivity index (χ2v) is 4.32. The number of nitrogens with two attached hydrogens (primary N) is 1. The maximum Gasteiger partial charge on any atom is 0.222 e. The van der Waals surface area contributed by atoms with Crippen LogP contribution >= 0.6 is 0 Å². The van der Waals surface area contributed by atoms with Crippen LogP contribution in [0.2, 0.25) is 0 Å². The van der Waals surface area contributed by atoms with Crippen LogP contribution in [-0.2, 0) is 7.05 Å². The molecule has 18 heavy (non-hydrogen) atoms. The number of anilines is 1. The van der Waals surface area contributed by atoms with Gasteiger partial charge in [-0.15, -0.1) is 0 Å². The number of benzene rings is 1.